The Hall–Kier alpha value is -1.94. The number of ketones is 1. The molecule has 2 aromatic rings. The van der Waals surface area contributed by atoms with Gasteiger partial charge in [0.05, 0.1) is 10.9 Å². The van der Waals surface area contributed by atoms with E-state index in [1.54, 1.807) is 0 Å². The number of aryl methyl sites for hydroxylation is 1. The number of amides is 1. The first-order valence-corrected chi connectivity index (χ1v) is 9.06. The van der Waals surface area contributed by atoms with Crippen molar-refractivity contribution >= 4 is 23.0 Å². The highest BCUT2D eigenvalue weighted by Crippen LogP contribution is 2.28. The van der Waals surface area contributed by atoms with Crippen molar-refractivity contribution in [2.45, 2.75) is 44.6 Å². The summed E-state index contributed by atoms with van der Waals surface area (Å²) in [6.45, 7) is 0. The van der Waals surface area contributed by atoms with Crippen LogP contribution in [0.2, 0.25) is 0 Å². The standard InChI is InChI=1S/C19H21NO2S/c21-17(18-10-5-13-23-18)11-12-19(22)20-16-9-4-2-7-14-6-1-3-8-15(14)16/h1,3,5-6,8,10,13,16H,2,4,7,9,11-12H2,(H,20,22). The van der Waals surface area contributed by atoms with Crippen molar-refractivity contribution in [2.75, 3.05) is 0 Å². The van der Waals surface area contributed by atoms with E-state index in [1.165, 1.54) is 28.9 Å². The summed E-state index contributed by atoms with van der Waals surface area (Å²) in [5.41, 5.74) is 2.58. The molecule has 1 aromatic heterocycles. The molecular weight excluding hydrogens is 306 g/mol. The molecule has 1 aromatic carbocycles. The first-order valence-electron chi connectivity index (χ1n) is 8.18. The molecule has 0 aliphatic heterocycles. The number of rotatable bonds is 5. The predicted molar refractivity (Wildman–Crippen MR) is 92.8 cm³/mol. The summed E-state index contributed by atoms with van der Waals surface area (Å²) >= 11 is 1.43. The van der Waals surface area contributed by atoms with Gasteiger partial charge in [0.2, 0.25) is 5.91 Å². The zero-order valence-electron chi connectivity index (χ0n) is 13.1. The first-order chi connectivity index (χ1) is 11.2. The molecule has 1 heterocycles. The van der Waals surface area contributed by atoms with Crippen LogP contribution < -0.4 is 5.32 Å². The minimum atomic E-state index is -0.0309. The molecule has 0 spiro atoms. The molecule has 0 radical (unpaired) electrons. The molecule has 1 amide bonds. The van der Waals surface area contributed by atoms with Crippen LogP contribution in [0, 0.1) is 0 Å². The van der Waals surface area contributed by atoms with Gasteiger partial charge in [0.1, 0.15) is 0 Å². The molecular formula is C19H21NO2S. The molecule has 1 N–H and O–H groups in total. The highest BCUT2D eigenvalue weighted by Gasteiger charge is 2.20. The number of fused-ring (bicyclic) bond motifs is 1. The number of thiophene rings is 1. The summed E-state index contributed by atoms with van der Waals surface area (Å²) in [6, 6.07) is 12.1. The lowest BCUT2D eigenvalue weighted by molar-refractivity contribution is -0.121. The van der Waals surface area contributed by atoms with Crippen LogP contribution in [0.15, 0.2) is 41.8 Å². The third-order valence-electron chi connectivity index (χ3n) is 4.33. The number of hydrogen-bond donors (Lipinski definition) is 1. The molecule has 1 aliphatic rings. The van der Waals surface area contributed by atoms with Gasteiger partial charge in [-0.3, -0.25) is 9.59 Å². The molecule has 4 heteroatoms. The summed E-state index contributed by atoms with van der Waals surface area (Å²) in [7, 11) is 0. The van der Waals surface area contributed by atoms with Crippen molar-refractivity contribution in [2.24, 2.45) is 0 Å². The fourth-order valence-electron chi connectivity index (χ4n) is 3.13. The Bertz CT molecular complexity index is 678. The van der Waals surface area contributed by atoms with Crippen molar-refractivity contribution in [3.8, 4) is 0 Å². The minimum absolute atomic E-state index is 0.0309. The lowest BCUT2D eigenvalue weighted by atomic mass is 9.99. The summed E-state index contributed by atoms with van der Waals surface area (Å²) in [5, 5.41) is 5.01. The summed E-state index contributed by atoms with van der Waals surface area (Å²) in [4.78, 5) is 25.0. The van der Waals surface area contributed by atoms with E-state index < -0.39 is 0 Å². The molecule has 23 heavy (non-hydrogen) atoms. The van der Waals surface area contributed by atoms with Crippen LogP contribution in [0.1, 0.15) is 58.9 Å². The predicted octanol–water partition coefficient (Wildman–Crippen LogP) is 4.29. The second-order valence-electron chi connectivity index (χ2n) is 5.97. The number of hydrogen-bond acceptors (Lipinski definition) is 3. The number of benzene rings is 1. The van der Waals surface area contributed by atoms with Crippen LogP contribution >= 0.6 is 11.3 Å². The van der Waals surface area contributed by atoms with Gasteiger partial charge in [0.25, 0.3) is 0 Å². The fourth-order valence-corrected chi connectivity index (χ4v) is 3.82. The molecule has 1 aliphatic carbocycles. The average molecular weight is 327 g/mol. The molecule has 0 saturated heterocycles. The second kappa shape index (κ2) is 7.55. The van der Waals surface area contributed by atoms with Crippen molar-refractivity contribution in [1.82, 2.24) is 5.32 Å². The number of carbonyl (C=O) groups is 2. The van der Waals surface area contributed by atoms with Gasteiger partial charge in [-0.2, -0.15) is 0 Å². The van der Waals surface area contributed by atoms with E-state index in [9.17, 15) is 9.59 Å². The highest BCUT2D eigenvalue weighted by atomic mass is 32.1. The van der Waals surface area contributed by atoms with Gasteiger partial charge in [0.15, 0.2) is 5.78 Å². The maximum absolute atomic E-state index is 12.2. The largest absolute Gasteiger partial charge is 0.349 e. The van der Waals surface area contributed by atoms with Gasteiger partial charge in [-0.05, 0) is 41.8 Å². The van der Waals surface area contributed by atoms with E-state index in [0.717, 1.165) is 24.1 Å². The van der Waals surface area contributed by atoms with E-state index in [4.69, 9.17) is 0 Å². The van der Waals surface area contributed by atoms with E-state index in [1.807, 2.05) is 23.6 Å². The fraction of sp³-hybridized carbons (Fsp3) is 0.368. The SMILES string of the molecule is O=C(CCC(=O)c1cccs1)NC1CCCCc2ccccc21. The third-order valence-corrected chi connectivity index (χ3v) is 5.24. The van der Waals surface area contributed by atoms with E-state index in [0.29, 0.717) is 0 Å². The zero-order chi connectivity index (χ0) is 16.1. The van der Waals surface area contributed by atoms with E-state index in [-0.39, 0.29) is 30.6 Å². The maximum atomic E-state index is 12.2. The molecule has 0 fully saturated rings. The molecule has 3 nitrogen and oxygen atoms in total. The molecule has 0 bridgehead atoms. The van der Waals surface area contributed by atoms with E-state index in [2.05, 4.69) is 23.5 Å². The lowest BCUT2D eigenvalue weighted by Crippen LogP contribution is -2.29. The van der Waals surface area contributed by atoms with Crippen LogP contribution in [0.25, 0.3) is 0 Å². The highest BCUT2D eigenvalue weighted by molar-refractivity contribution is 7.12. The Morgan fingerprint density at radius 1 is 1.09 bits per heavy atom. The second-order valence-corrected chi connectivity index (χ2v) is 6.91. The number of carbonyl (C=O) groups excluding carboxylic acids is 2. The molecule has 1 unspecified atom stereocenters. The lowest BCUT2D eigenvalue weighted by Gasteiger charge is -2.19. The van der Waals surface area contributed by atoms with Crippen LogP contribution in [-0.4, -0.2) is 11.7 Å². The number of nitrogens with one attached hydrogen (secondary N) is 1. The number of Topliss-reactive ketones (excluding diaryl/α,β-unsaturated/α-hetero) is 1. The van der Waals surface area contributed by atoms with Crippen molar-refractivity contribution in [3.05, 3.63) is 57.8 Å². The van der Waals surface area contributed by atoms with Crippen molar-refractivity contribution in [1.29, 1.82) is 0 Å². The Morgan fingerprint density at radius 3 is 2.78 bits per heavy atom. The normalized spacial score (nSPS) is 17.1. The summed E-state index contributed by atoms with van der Waals surface area (Å²) in [5.74, 6) is 0.0213. The summed E-state index contributed by atoms with van der Waals surface area (Å²) in [6.07, 6.45) is 4.88. The topological polar surface area (TPSA) is 46.2 Å². The molecule has 120 valence electrons. The third kappa shape index (κ3) is 4.08. The van der Waals surface area contributed by atoms with Crippen molar-refractivity contribution in [3.63, 3.8) is 0 Å². The quantitative estimate of drug-likeness (QED) is 0.657. The Labute approximate surface area is 140 Å². The Balaban J connectivity index is 1.58. The Kier molecular flexibility index (Phi) is 5.23. The van der Waals surface area contributed by atoms with Crippen molar-refractivity contribution < 1.29 is 9.59 Å². The van der Waals surface area contributed by atoms with E-state index >= 15 is 0 Å². The van der Waals surface area contributed by atoms with Gasteiger partial charge in [-0.1, -0.05) is 36.8 Å². The monoisotopic (exact) mass is 327 g/mol. The van der Waals surface area contributed by atoms with Gasteiger partial charge < -0.3 is 5.32 Å². The van der Waals surface area contributed by atoms with Gasteiger partial charge in [-0.25, -0.2) is 0 Å². The first kappa shape index (κ1) is 15.9. The van der Waals surface area contributed by atoms with Crippen LogP contribution in [0.4, 0.5) is 0 Å². The van der Waals surface area contributed by atoms with Crippen LogP contribution in [-0.2, 0) is 11.2 Å². The van der Waals surface area contributed by atoms with Gasteiger partial charge in [-0.15, -0.1) is 11.3 Å². The van der Waals surface area contributed by atoms with Gasteiger partial charge in [0, 0.05) is 12.8 Å². The molecule has 0 saturated carbocycles. The van der Waals surface area contributed by atoms with Gasteiger partial charge >= 0.3 is 0 Å². The average Bonchev–Trinajstić information content (AvgIpc) is 3.03. The Morgan fingerprint density at radius 2 is 1.96 bits per heavy atom. The summed E-state index contributed by atoms with van der Waals surface area (Å²) < 4.78 is 0. The minimum Gasteiger partial charge on any atom is -0.349 e. The zero-order valence-corrected chi connectivity index (χ0v) is 13.9. The molecule has 3 rings (SSSR count). The smallest absolute Gasteiger partial charge is 0.220 e. The van der Waals surface area contributed by atoms with Crippen LogP contribution in [0.3, 0.4) is 0 Å². The molecule has 1 atom stereocenters. The van der Waals surface area contributed by atoms with Crippen LogP contribution in [0.5, 0.6) is 0 Å². The maximum Gasteiger partial charge on any atom is 0.220 e.